The predicted octanol–water partition coefficient (Wildman–Crippen LogP) is 2.15. The van der Waals surface area contributed by atoms with Crippen molar-refractivity contribution in [1.82, 2.24) is 20.0 Å². The monoisotopic (exact) mass is 352 g/mol. The maximum Gasteiger partial charge on any atom is 0.317 e. The Bertz CT molecular complexity index is 435. The lowest BCUT2D eigenvalue weighted by Gasteiger charge is -2.39. The third-order valence-electron chi connectivity index (χ3n) is 5.81. The fraction of sp³-hybridized carbons (Fsp3) is 0.895. The van der Waals surface area contributed by atoms with Crippen LogP contribution in [0.25, 0.3) is 0 Å². The van der Waals surface area contributed by atoms with Gasteiger partial charge in [0.1, 0.15) is 0 Å². The molecule has 0 unspecified atom stereocenters. The van der Waals surface area contributed by atoms with E-state index in [1.807, 2.05) is 18.7 Å². The molecule has 1 saturated heterocycles. The fourth-order valence-corrected chi connectivity index (χ4v) is 3.98. The predicted molar refractivity (Wildman–Crippen MR) is 100 cm³/mol. The Labute approximate surface area is 152 Å². The van der Waals surface area contributed by atoms with Gasteiger partial charge in [0.05, 0.1) is 0 Å². The third kappa shape index (κ3) is 5.33. The van der Waals surface area contributed by atoms with Crippen molar-refractivity contribution >= 4 is 11.9 Å². The van der Waals surface area contributed by atoms with Gasteiger partial charge in [-0.15, -0.1) is 0 Å². The number of nitrogens with zero attached hydrogens (tertiary/aromatic N) is 3. The molecule has 2 aliphatic rings. The van der Waals surface area contributed by atoms with Gasteiger partial charge in [0.15, 0.2) is 0 Å². The number of urea groups is 1. The van der Waals surface area contributed by atoms with Crippen LogP contribution in [0.3, 0.4) is 0 Å². The molecule has 1 aliphatic carbocycles. The average molecular weight is 353 g/mol. The minimum atomic E-state index is 0.0320. The fourth-order valence-electron chi connectivity index (χ4n) is 3.98. The van der Waals surface area contributed by atoms with Crippen molar-refractivity contribution in [2.45, 2.75) is 65.5 Å². The topological polar surface area (TPSA) is 55.9 Å². The lowest BCUT2D eigenvalue weighted by atomic mass is 9.85. The number of amides is 3. The first-order chi connectivity index (χ1) is 12.0. The normalized spacial score (nSPS) is 25.1. The molecule has 0 bridgehead atoms. The highest BCUT2D eigenvalue weighted by Gasteiger charge is 2.32. The summed E-state index contributed by atoms with van der Waals surface area (Å²) in [4.78, 5) is 31.2. The van der Waals surface area contributed by atoms with Crippen molar-refractivity contribution in [2.75, 3.05) is 39.3 Å². The molecule has 0 aromatic rings. The molecule has 0 radical (unpaired) electrons. The molecule has 1 saturated carbocycles. The van der Waals surface area contributed by atoms with Gasteiger partial charge in [-0.2, -0.15) is 0 Å². The second-order valence-corrected chi connectivity index (χ2v) is 7.63. The van der Waals surface area contributed by atoms with E-state index >= 15 is 0 Å². The van der Waals surface area contributed by atoms with Crippen LogP contribution in [0.15, 0.2) is 0 Å². The molecule has 0 atom stereocenters. The number of hydrogen-bond donors (Lipinski definition) is 1. The largest absolute Gasteiger partial charge is 0.340 e. The molecule has 2 rings (SSSR count). The molecule has 1 aliphatic heterocycles. The zero-order valence-corrected chi connectivity index (χ0v) is 16.5. The standard InChI is InChI=1S/C19H36N4O2/c1-5-21(6-2)19(25)20-17-9-7-16(8-10-17)18(24)23-13-11-22(12-14-23)15(3)4/h15-17H,5-14H2,1-4H3,(H,20,25). The van der Waals surface area contributed by atoms with Crippen LogP contribution in [0.4, 0.5) is 4.79 Å². The van der Waals surface area contributed by atoms with E-state index < -0.39 is 0 Å². The average Bonchev–Trinajstić information content (AvgIpc) is 2.63. The van der Waals surface area contributed by atoms with Crippen LogP contribution >= 0.6 is 0 Å². The summed E-state index contributed by atoms with van der Waals surface area (Å²) in [6.07, 6.45) is 3.61. The lowest BCUT2D eigenvalue weighted by molar-refractivity contribution is -0.138. The molecule has 25 heavy (non-hydrogen) atoms. The zero-order valence-electron chi connectivity index (χ0n) is 16.5. The Morgan fingerprint density at radius 3 is 2.04 bits per heavy atom. The van der Waals surface area contributed by atoms with E-state index in [4.69, 9.17) is 0 Å². The summed E-state index contributed by atoms with van der Waals surface area (Å²) in [5.74, 6) is 0.476. The summed E-state index contributed by atoms with van der Waals surface area (Å²) in [6.45, 7) is 13.6. The van der Waals surface area contributed by atoms with E-state index in [1.54, 1.807) is 0 Å². The first-order valence-corrected chi connectivity index (χ1v) is 10.0. The molecule has 1 N–H and O–H groups in total. The van der Waals surface area contributed by atoms with Gasteiger partial charge in [-0.1, -0.05) is 0 Å². The summed E-state index contributed by atoms with van der Waals surface area (Å²) in [5, 5.41) is 3.13. The van der Waals surface area contributed by atoms with Crippen LogP contribution in [0.5, 0.6) is 0 Å². The van der Waals surface area contributed by atoms with Gasteiger partial charge in [0.25, 0.3) is 0 Å². The van der Waals surface area contributed by atoms with Gasteiger partial charge >= 0.3 is 6.03 Å². The summed E-state index contributed by atoms with van der Waals surface area (Å²) in [6, 6.07) is 0.807. The zero-order chi connectivity index (χ0) is 18.4. The highest BCUT2D eigenvalue weighted by atomic mass is 16.2. The maximum absolute atomic E-state index is 12.8. The molecular formula is C19H36N4O2. The summed E-state index contributed by atoms with van der Waals surface area (Å²) in [7, 11) is 0. The van der Waals surface area contributed by atoms with Crippen LogP contribution in [-0.4, -0.2) is 78.0 Å². The molecule has 0 aromatic carbocycles. The molecule has 144 valence electrons. The summed E-state index contributed by atoms with van der Waals surface area (Å²) in [5.41, 5.74) is 0. The number of nitrogens with one attached hydrogen (secondary N) is 1. The van der Waals surface area contributed by atoms with E-state index in [0.29, 0.717) is 11.9 Å². The van der Waals surface area contributed by atoms with E-state index in [0.717, 1.165) is 65.0 Å². The quantitative estimate of drug-likeness (QED) is 0.825. The minimum Gasteiger partial charge on any atom is -0.340 e. The molecule has 0 spiro atoms. The van der Waals surface area contributed by atoms with E-state index in [-0.39, 0.29) is 18.0 Å². The van der Waals surface area contributed by atoms with E-state index in [1.165, 1.54) is 0 Å². The third-order valence-corrected chi connectivity index (χ3v) is 5.81. The van der Waals surface area contributed by atoms with Crippen molar-refractivity contribution in [1.29, 1.82) is 0 Å². The van der Waals surface area contributed by atoms with Crippen molar-refractivity contribution in [2.24, 2.45) is 5.92 Å². The molecule has 6 heteroatoms. The second-order valence-electron chi connectivity index (χ2n) is 7.63. The number of hydrogen-bond acceptors (Lipinski definition) is 3. The minimum absolute atomic E-state index is 0.0320. The number of carbonyl (C=O) groups is 2. The smallest absolute Gasteiger partial charge is 0.317 e. The Kier molecular flexibility index (Phi) is 7.54. The highest BCUT2D eigenvalue weighted by Crippen LogP contribution is 2.26. The Morgan fingerprint density at radius 1 is 1.00 bits per heavy atom. The summed E-state index contributed by atoms with van der Waals surface area (Å²) < 4.78 is 0. The Hall–Kier alpha value is -1.30. The SMILES string of the molecule is CCN(CC)C(=O)NC1CCC(C(=O)N2CCN(C(C)C)CC2)CC1. The molecule has 3 amide bonds. The second kappa shape index (κ2) is 9.41. The van der Waals surface area contributed by atoms with Crippen molar-refractivity contribution in [3.05, 3.63) is 0 Å². The van der Waals surface area contributed by atoms with Gasteiger partial charge in [0.2, 0.25) is 5.91 Å². The first kappa shape index (κ1) is 20.0. The maximum atomic E-state index is 12.8. The summed E-state index contributed by atoms with van der Waals surface area (Å²) >= 11 is 0. The molecular weight excluding hydrogens is 316 g/mol. The van der Waals surface area contributed by atoms with Crippen LogP contribution in [-0.2, 0) is 4.79 Å². The highest BCUT2D eigenvalue weighted by molar-refractivity contribution is 5.79. The van der Waals surface area contributed by atoms with Gasteiger partial charge in [-0.3, -0.25) is 9.69 Å². The van der Waals surface area contributed by atoms with Crippen LogP contribution in [0.2, 0.25) is 0 Å². The lowest BCUT2D eigenvalue weighted by Crippen LogP contribution is -2.53. The number of piperazine rings is 1. The van der Waals surface area contributed by atoms with Crippen molar-refractivity contribution < 1.29 is 9.59 Å². The molecule has 6 nitrogen and oxygen atoms in total. The molecule has 1 heterocycles. The van der Waals surface area contributed by atoms with E-state index in [9.17, 15) is 9.59 Å². The molecule has 0 aromatic heterocycles. The van der Waals surface area contributed by atoms with Crippen LogP contribution < -0.4 is 5.32 Å². The van der Waals surface area contributed by atoms with Gasteiger partial charge in [-0.25, -0.2) is 4.79 Å². The van der Waals surface area contributed by atoms with Crippen LogP contribution in [0, 0.1) is 5.92 Å². The van der Waals surface area contributed by atoms with Crippen LogP contribution in [0.1, 0.15) is 53.4 Å². The van der Waals surface area contributed by atoms with Gasteiger partial charge in [0, 0.05) is 57.3 Å². The van der Waals surface area contributed by atoms with Gasteiger partial charge in [-0.05, 0) is 53.4 Å². The Morgan fingerprint density at radius 2 is 1.56 bits per heavy atom. The molecule has 2 fully saturated rings. The van der Waals surface area contributed by atoms with Crippen molar-refractivity contribution in [3.63, 3.8) is 0 Å². The number of carbonyl (C=O) groups excluding carboxylic acids is 2. The first-order valence-electron chi connectivity index (χ1n) is 10.0. The van der Waals surface area contributed by atoms with Gasteiger partial charge < -0.3 is 15.1 Å². The van der Waals surface area contributed by atoms with Crippen molar-refractivity contribution in [3.8, 4) is 0 Å². The Balaban J connectivity index is 1.74. The van der Waals surface area contributed by atoms with E-state index in [2.05, 4.69) is 29.0 Å². The number of rotatable bonds is 5.